The van der Waals surface area contributed by atoms with Crippen LogP contribution >= 0.6 is 0 Å². The maximum atomic E-state index is 13.4. The second-order valence-corrected chi connectivity index (χ2v) is 15.4. The zero-order valence-corrected chi connectivity index (χ0v) is 25.2. The molecule has 2 amide bonds. The first kappa shape index (κ1) is 30.8. The molecule has 0 radical (unpaired) electrons. The molecule has 0 spiro atoms. The van der Waals surface area contributed by atoms with E-state index in [1.807, 2.05) is 51.1 Å². The Kier molecular flexibility index (Phi) is 9.83. The Morgan fingerprint density at radius 3 is 2.40 bits per heavy atom. The minimum Gasteiger partial charge on any atom is -0.445 e. The van der Waals surface area contributed by atoms with Crippen molar-refractivity contribution in [3.63, 3.8) is 0 Å². The summed E-state index contributed by atoms with van der Waals surface area (Å²) in [5.41, 5.74) is 0.577. The lowest BCUT2D eigenvalue weighted by molar-refractivity contribution is -0.132. The number of β-amino-alcohol motifs (C(OH)–C–C–N with tert-alkyl or cyclic N) is 1. The molecule has 1 aromatic rings. The van der Waals surface area contributed by atoms with Gasteiger partial charge in [0.05, 0.1) is 29.7 Å². The van der Waals surface area contributed by atoms with Crippen LogP contribution in [0.2, 0.25) is 0 Å². The number of fused-ring (bicyclic) bond motifs is 1. The van der Waals surface area contributed by atoms with Crippen LogP contribution in [0.5, 0.6) is 0 Å². The average molecular weight is 578 g/mol. The Balaban J connectivity index is 1.49. The van der Waals surface area contributed by atoms with Gasteiger partial charge in [-0.15, -0.1) is 0 Å². The maximum Gasteiger partial charge on any atom is 0.407 e. The molecule has 2 heterocycles. The number of carbonyl (C=O) groups is 2. The summed E-state index contributed by atoms with van der Waals surface area (Å²) in [4.78, 5) is 28.5. The van der Waals surface area contributed by atoms with Gasteiger partial charge in [0.25, 0.3) is 0 Å². The molecule has 1 saturated carbocycles. The van der Waals surface area contributed by atoms with Gasteiger partial charge in [0.2, 0.25) is 5.91 Å². The van der Waals surface area contributed by atoms with Gasteiger partial charge in [-0.05, 0) is 57.4 Å². The maximum absolute atomic E-state index is 13.4. The summed E-state index contributed by atoms with van der Waals surface area (Å²) in [5, 5.41) is 17.5. The molecule has 1 aromatic carbocycles. The van der Waals surface area contributed by atoms with Crippen molar-refractivity contribution < 1.29 is 27.9 Å². The molecule has 0 bridgehead atoms. The number of hydrogen-bond acceptors (Lipinski definition) is 7. The minimum absolute atomic E-state index is 0.00381. The quantitative estimate of drug-likeness (QED) is 0.434. The molecule has 0 aromatic heterocycles. The van der Waals surface area contributed by atoms with Gasteiger partial charge in [0.15, 0.2) is 9.84 Å². The number of carbonyl (C=O) groups excluding carboxylic acids is 2. The lowest BCUT2D eigenvalue weighted by Gasteiger charge is -2.47. The van der Waals surface area contributed by atoms with Crippen LogP contribution in [0, 0.1) is 17.8 Å². The molecule has 4 rings (SSSR count). The highest BCUT2D eigenvalue weighted by molar-refractivity contribution is 7.91. The first-order valence-electron chi connectivity index (χ1n) is 14.8. The van der Waals surface area contributed by atoms with Crippen molar-refractivity contribution in [2.75, 3.05) is 24.6 Å². The summed E-state index contributed by atoms with van der Waals surface area (Å²) in [7, 11) is -3.24. The van der Waals surface area contributed by atoms with Gasteiger partial charge in [-0.1, -0.05) is 56.5 Å². The number of amides is 2. The van der Waals surface area contributed by atoms with Gasteiger partial charge >= 0.3 is 6.09 Å². The Bertz CT molecular complexity index is 1120. The van der Waals surface area contributed by atoms with E-state index in [1.165, 1.54) is 12.8 Å². The zero-order valence-electron chi connectivity index (χ0n) is 24.3. The fraction of sp³-hybridized carbons (Fsp3) is 0.733. The van der Waals surface area contributed by atoms with Crippen LogP contribution in [0.3, 0.4) is 0 Å². The Labute approximate surface area is 239 Å². The normalized spacial score (nSPS) is 30.1. The molecule has 3 N–H and O–H groups in total. The zero-order chi connectivity index (χ0) is 29.1. The third-order valence-corrected chi connectivity index (χ3v) is 10.5. The van der Waals surface area contributed by atoms with E-state index < -0.39 is 34.2 Å². The summed E-state index contributed by atoms with van der Waals surface area (Å²) in [6, 6.07) is 8.56. The van der Waals surface area contributed by atoms with Gasteiger partial charge < -0.3 is 20.5 Å². The standard InChI is InChI=1S/C30H47N3O6S/c1-20-18-40(37,38)19-27(20)39-29(36)31-24(14-21-10-6-5-7-11-21)26(34)17-33-16-23-13-9-8-12-22(23)15-25(33)28(35)32-30(2,3)4/h5-7,10-11,20,22-27,34H,8-9,12-19H2,1-4H3,(H,31,36)(H,32,35)/t20-,22+,23-,24+,25+,26-,27+/m1/s1. The lowest BCUT2D eigenvalue weighted by atomic mass is 9.72. The van der Waals surface area contributed by atoms with E-state index in [1.54, 1.807) is 6.92 Å². The molecule has 9 nitrogen and oxygen atoms in total. The van der Waals surface area contributed by atoms with Crippen molar-refractivity contribution >= 4 is 21.8 Å². The molecule has 1 aliphatic carbocycles. The smallest absolute Gasteiger partial charge is 0.407 e. The summed E-state index contributed by atoms with van der Waals surface area (Å²) < 4.78 is 29.6. The predicted octanol–water partition coefficient (Wildman–Crippen LogP) is 2.91. The van der Waals surface area contributed by atoms with Crippen LogP contribution in [0.15, 0.2) is 30.3 Å². The van der Waals surface area contributed by atoms with Gasteiger partial charge in [-0.2, -0.15) is 0 Å². The van der Waals surface area contributed by atoms with Crippen LogP contribution in [0.1, 0.15) is 65.4 Å². The minimum atomic E-state index is -3.24. The fourth-order valence-corrected chi connectivity index (χ4v) is 8.66. The van der Waals surface area contributed by atoms with E-state index in [0.29, 0.717) is 18.3 Å². The number of hydrogen-bond donors (Lipinski definition) is 3. The monoisotopic (exact) mass is 577 g/mol. The average Bonchev–Trinajstić information content (AvgIpc) is 3.13. The largest absolute Gasteiger partial charge is 0.445 e. The molecule has 3 fully saturated rings. The topological polar surface area (TPSA) is 125 Å². The third kappa shape index (κ3) is 8.42. The van der Waals surface area contributed by atoms with Crippen LogP contribution in [0.4, 0.5) is 4.79 Å². The molecule has 3 aliphatic rings. The van der Waals surface area contributed by atoms with E-state index in [4.69, 9.17) is 4.74 Å². The number of alkyl carbamates (subject to hydrolysis) is 1. The van der Waals surface area contributed by atoms with E-state index in [-0.39, 0.29) is 41.5 Å². The molecule has 10 heteroatoms. The molecule has 2 aliphatic heterocycles. The number of piperidine rings is 1. The van der Waals surface area contributed by atoms with Gasteiger partial charge in [0, 0.05) is 24.5 Å². The van der Waals surface area contributed by atoms with E-state index >= 15 is 0 Å². The SMILES string of the molecule is C[C@@H]1CS(=O)(=O)C[C@@H]1OC(=O)N[C@@H](Cc1ccccc1)[C@H](O)CN1C[C@H]2CCCC[C@H]2C[C@H]1C(=O)NC(C)(C)C. The van der Waals surface area contributed by atoms with Crippen LogP contribution in [0.25, 0.3) is 0 Å². The fourth-order valence-electron chi connectivity index (χ4n) is 6.61. The Morgan fingerprint density at radius 1 is 1.10 bits per heavy atom. The van der Waals surface area contributed by atoms with E-state index in [2.05, 4.69) is 15.5 Å². The molecule has 224 valence electrons. The summed E-state index contributed by atoms with van der Waals surface area (Å²) in [6.45, 7) is 8.65. The number of nitrogens with zero attached hydrogens (tertiary/aromatic N) is 1. The van der Waals surface area contributed by atoms with Gasteiger partial charge in [-0.3, -0.25) is 9.69 Å². The second kappa shape index (κ2) is 12.8. The van der Waals surface area contributed by atoms with E-state index in [0.717, 1.165) is 31.4 Å². The number of benzene rings is 1. The van der Waals surface area contributed by atoms with Crippen molar-refractivity contribution in [1.82, 2.24) is 15.5 Å². The number of nitrogens with one attached hydrogen (secondary N) is 2. The van der Waals surface area contributed by atoms with E-state index in [9.17, 15) is 23.1 Å². The number of rotatable bonds is 8. The van der Waals surface area contributed by atoms with Crippen molar-refractivity contribution in [3.8, 4) is 0 Å². The molecular weight excluding hydrogens is 530 g/mol. The van der Waals surface area contributed by atoms with Crippen LogP contribution < -0.4 is 10.6 Å². The Hall–Kier alpha value is -2.17. The van der Waals surface area contributed by atoms with Crippen molar-refractivity contribution in [2.45, 2.75) is 96.1 Å². The number of ether oxygens (including phenoxy) is 1. The van der Waals surface area contributed by atoms with Crippen molar-refractivity contribution in [2.24, 2.45) is 17.8 Å². The number of aliphatic hydroxyl groups is 1. The third-order valence-electron chi connectivity index (χ3n) is 8.62. The summed E-state index contributed by atoms with van der Waals surface area (Å²) >= 11 is 0. The van der Waals surface area contributed by atoms with Gasteiger partial charge in [0.1, 0.15) is 6.10 Å². The Morgan fingerprint density at radius 2 is 1.77 bits per heavy atom. The van der Waals surface area contributed by atoms with Crippen molar-refractivity contribution in [1.29, 1.82) is 0 Å². The first-order chi connectivity index (χ1) is 18.8. The molecule has 7 atom stereocenters. The summed E-state index contributed by atoms with van der Waals surface area (Å²) in [6.07, 6.45) is 3.38. The molecular formula is C30H47N3O6S. The number of sulfone groups is 1. The predicted molar refractivity (Wildman–Crippen MR) is 154 cm³/mol. The lowest BCUT2D eigenvalue weighted by Crippen LogP contribution is -2.60. The molecule has 0 unspecified atom stereocenters. The van der Waals surface area contributed by atoms with Gasteiger partial charge in [-0.25, -0.2) is 13.2 Å². The highest BCUT2D eigenvalue weighted by atomic mass is 32.2. The highest BCUT2D eigenvalue weighted by Gasteiger charge is 2.42. The second-order valence-electron chi connectivity index (χ2n) is 13.3. The van der Waals surface area contributed by atoms with Crippen molar-refractivity contribution in [3.05, 3.63) is 35.9 Å². The summed E-state index contributed by atoms with van der Waals surface area (Å²) in [5.74, 6) is 0.510. The first-order valence-corrected chi connectivity index (χ1v) is 16.6. The van der Waals surface area contributed by atoms with Crippen LogP contribution in [-0.4, -0.2) is 84.9 Å². The molecule has 40 heavy (non-hydrogen) atoms. The van der Waals surface area contributed by atoms with Crippen LogP contribution in [-0.2, 0) is 25.8 Å². The highest BCUT2D eigenvalue weighted by Crippen LogP contribution is 2.39. The molecule has 2 saturated heterocycles. The number of likely N-dealkylation sites (tertiary alicyclic amines) is 1. The number of aliphatic hydroxyl groups excluding tert-OH is 1.